The summed E-state index contributed by atoms with van der Waals surface area (Å²) >= 11 is 0. The molecule has 180 valence electrons. The Labute approximate surface area is 201 Å². The molecule has 34 heavy (non-hydrogen) atoms. The molecule has 3 atom stereocenters. The fourth-order valence-corrected chi connectivity index (χ4v) is 5.70. The molecular weight excluding hydrogens is 428 g/mol. The summed E-state index contributed by atoms with van der Waals surface area (Å²) in [6.45, 7) is 6.98. The van der Waals surface area contributed by atoms with Gasteiger partial charge in [0.05, 0.1) is 11.6 Å². The quantitative estimate of drug-likeness (QED) is 0.716. The first-order chi connectivity index (χ1) is 16.1. The van der Waals surface area contributed by atoms with Gasteiger partial charge in [-0.2, -0.15) is 0 Å². The zero-order valence-electron chi connectivity index (χ0n) is 20.4. The molecule has 0 saturated carbocycles. The minimum absolute atomic E-state index is 0.0691. The Hall–Kier alpha value is -3.19. The number of piperidine rings is 1. The van der Waals surface area contributed by atoms with Crippen molar-refractivity contribution in [1.29, 1.82) is 0 Å². The molecule has 2 N–H and O–H groups in total. The number of amides is 3. The molecule has 0 spiro atoms. The molecule has 7 heteroatoms. The van der Waals surface area contributed by atoms with E-state index in [1.807, 2.05) is 48.3 Å². The first kappa shape index (κ1) is 24.0. The molecule has 0 unspecified atom stereocenters. The second-order valence-electron chi connectivity index (χ2n) is 10.2. The van der Waals surface area contributed by atoms with Crippen molar-refractivity contribution in [2.45, 2.75) is 44.3 Å². The van der Waals surface area contributed by atoms with E-state index in [1.54, 1.807) is 38.1 Å². The highest BCUT2D eigenvalue weighted by atomic mass is 16.2. The van der Waals surface area contributed by atoms with E-state index in [0.29, 0.717) is 18.7 Å². The van der Waals surface area contributed by atoms with Gasteiger partial charge in [0.25, 0.3) is 5.91 Å². The summed E-state index contributed by atoms with van der Waals surface area (Å²) in [5, 5.41) is 6.17. The summed E-state index contributed by atoms with van der Waals surface area (Å²) < 4.78 is 0. The van der Waals surface area contributed by atoms with Gasteiger partial charge in [-0.1, -0.05) is 48.5 Å². The maximum absolute atomic E-state index is 14.1. The lowest BCUT2D eigenvalue weighted by Crippen LogP contribution is -2.63. The third-order valence-corrected chi connectivity index (χ3v) is 7.08. The summed E-state index contributed by atoms with van der Waals surface area (Å²) in [5.41, 5.74) is -0.122. The predicted molar refractivity (Wildman–Crippen MR) is 131 cm³/mol. The Bertz CT molecular complexity index is 1060. The van der Waals surface area contributed by atoms with E-state index in [4.69, 9.17) is 0 Å². The number of likely N-dealkylation sites (tertiary alicyclic amines) is 2. The maximum atomic E-state index is 14.1. The molecule has 0 bridgehead atoms. The van der Waals surface area contributed by atoms with Crippen molar-refractivity contribution in [2.24, 2.45) is 5.92 Å². The Morgan fingerprint density at radius 2 is 1.59 bits per heavy atom. The van der Waals surface area contributed by atoms with Gasteiger partial charge in [0.15, 0.2) is 0 Å². The monoisotopic (exact) mass is 462 g/mol. The van der Waals surface area contributed by atoms with Crippen LogP contribution in [0, 0.1) is 5.92 Å². The largest absolute Gasteiger partial charge is 0.347 e. The van der Waals surface area contributed by atoms with Crippen LogP contribution in [0.25, 0.3) is 0 Å². The van der Waals surface area contributed by atoms with Gasteiger partial charge in [-0.05, 0) is 51.6 Å². The highest BCUT2D eigenvalue weighted by Gasteiger charge is 2.58. The number of hydrogen-bond acceptors (Lipinski definition) is 4. The molecule has 2 aromatic carbocycles. The van der Waals surface area contributed by atoms with Gasteiger partial charge in [0.1, 0.15) is 5.54 Å². The SMILES string of the molecule is CC(=O)N[C@@]12CN(C)CC[C@@H]1[C@@H](c1ccccc1)N(C(=O)C(C)(C)NC(=O)c1ccccc1)C2. The van der Waals surface area contributed by atoms with Crippen molar-refractivity contribution >= 4 is 17.7 Å². The number of fused-ring (bicyclic) bond motifs is 1. The number of carbonyl (C=O) groups excluding carboxylic acids is 3. The number of likely N-dealkylation sites (N-methyl/N-ethyl adjacent to an activating group) is 1. The second kappa shape index (κ2) is 9.22. The van der Waals surface area contributed by atoms with Crippen molar-refractivity contribution in [3.05, 3.63) is 71.8 Å². The summed E-state index contributed by atoms with van der Waals surface area (Å²) in [6, 6.07) is 18.7. The lowest BCUT2D eigenvalue weighted by Gasteiger charge is -2.44. The zero-order valence-corrected chi connectivity index (χ0v) is 20.4. The summed E-state index contributed by atoms with van der Waals surface area (Å²) in [7, 11) is 2.05. The molecule has 2 aliphatic rings. The highest BCUT2D eigenvalue weighted by Crippen LogP contribution is 2.48. The molecule has 0 aliphatic carbocycles. The van der Waals surface area contributed by atoms with Crippen LogP contribution in [0.15, 0.2) is 60.7 Å². The van der Waals surface area contributed by atoms with Crippen LogP contribution in [-0.4, -0.2) is 65.3 Å². The summed E-state index contributed by atoms with van der Waals surface area (Å²) in [6.07, 6.45) is 0.858. The van der Waals surface area contributed by atoms with Crippen LogP contribution in [0.5, 0.6) is 0 Å². The maximum Gasteiger partial charge on any atom is 0.252 e. The molecule has 4 rings (SSSR count). The lowest BCUT2D eigenvalue weighted by atomic mass is 9.76. The number of nitrogens with one attached hydrogen (secondary N) is 2. The van der Waals surface area contributed by atoms with E-state index in [0.717, 1.165) is 18.5 Å². The van der Waals surface area contributed by atoms with E-state index in [2.05, 4.69) is 15.5 Å². The van der Waals surface area contributed by atoms with Gasteiger partial charge >= 0.3 is 0 Å². The topological polar surface area (TPSA) is 81.8 Å². The van der Waals surface area contributed by atoms with E-state index in [-0.39, 0.29) is 29.7 Å². The molecule has 2 aromatic rings. The van der Waals surface area contributed by atoms with E-state index >= 15 is 0 Å². The number of rotatable bonds is 5. The number of nitrogens with zero attached hydrogens (tertiary/aromatic N) is 2. The number of benzene rings is 2. The molecule has 2 aliphatic heterocycles. The molecule has 7 nitrogen and oxygen atoms in total. The van der Waals surface area contributed by atoms with Crippen molar-refractivity contribution in [3.8, 4) is 0 Å². The van der Waals surface area contributed by atoms with E-state index in [1.165, 1.54) is 6.92 Å². The molecular formula is C27H34N4O3. The fourth-order valence-electron chi connectivity index (χ4n) is 5.70. The first-order valence-corrected chi connectivity index (χ1v) is 11.8. The van der Waals surface area contributed by atoms with Gasteiger partial charge in [0, 0.05) is 31.5 Å². The molecule has 2 fully saturated rings. The third-order valence-electron chi connectivity index (χ3n) is 7.08. The van der Waals surface area contributed by atoms with E-state index in [9.17, 15) is 14.4 Å². The normalized spacial score (nSPS) is 24.9. The lowest BCUT2D eigenvalue weighted by molar-refractivity contribution is -0.138. The number of hydrogen-bond donors (Lipinski definition) is 2. The molecule has 0 aromatic heterocycles. The van der Waals surface area contributed by atoms with Crippen LogP contribution in [0.1, 0.15) is 49.2 Å². The Kier molecular flexibility index (Phi) is 6.49. The fraction of sp³-hybridized carbons (Fsp3) is 0.444. The van der Waals surface area contributed by atoms with Crippen molar-refractivity contribution in [2.75, 3.05) is 26.7 Å². The van der Waals surface area contributed by atoms with Crippen molar-refractivity contribution in [1.82, 2.24) is 20.4 Å². The van der Waals surface area contributed by atoms with E-state index < -0.39 is 11.1 Å². The molecule has 2 saturated heterocycles. The van der Waals surface area contributed by atoms with Gasteiger partial charge in [-0.25, -0.2) is 0 Å². The Morgan fingerprint density at radius 1 is 0.971 bits per heavy atom. The van der Waals surface area contributed by atoms with Crippen LogP contribution in [0.2, 0.25) is 0 Å². The van der Waals surface area contributed by atoms with Crippen molar-refractivity contribution < 1.29 is 14.4 Å². The first-order valence-electron chi connectivity index (χ1n) is 11.8. The third kappa shape index (κ3) is 4.57. The predicted octanol–water partition coefficient (Wildman–Crippen LogP) is 2.61. The van der Waals surface area contributed by atoms with Crippen LogP contribution in [-0.2, 0) is 9.59 Å². The van der Waals surface area contributed by atoms with Crippen LogP contribution in [0.3, 0.4) is 0 Å². The Morgan fingerprint density at radius 3 is 2.21 bits per heavy atom. The van der Waals surface area contributed by atoms with Gasteiger partial charge in [0.2, 0.25) is 11.8 Å². The number of carbonyl (C=O) groups is 3. The van der Waals surface area contributed by atoms with Crippen LogP contribution >= 0.6 is 0 Å². The smallest absolute Gasteiger partial charge is 0.252 e. The molecule has 3 amide bonds. The summed E-state index contributed by atoms with van der Waals surface area (Å²) in [4.78, 5) is 43.3. The highest BCUT2D eigenvalue weighted by molar-refractivity contribution is 5.99. The average molecular weight is 463 g/mol. The van der Waals surface area contributed by atoms with Crippen LogP contribution in [0.4, 0.5) is 0 Å². The van der Waals surface area contributed by atoms with Gasteiger partial charge in [-0.15, -0.1) is 0 Å². The van der Waals surface area contributed by atoms with Crippen molar-refractivity contribution in [3.63, 3.8) is 0 Å². The standard InChI is InChI=1S/C27H34N4O3/c1-19(32)28-27-17-30(4)16-15-22(27)23(20-11-7-5-8-12-20)31(18-27)25(34)26(2,3)29-24(33)21-13-9-6-10-14-21/h5-14,22-23H,15-18H2,1-4H3,(H,28,32)(H,29,33)/t22-,23-,27-/m1/s1. The molecule has 2 heterocycles. The minimum Gasteiger partial charge on any atom is -0.347 e. The zero-order chi connectivity index (χ0) is 24.5. The van der Waals surface area contributed by atoms with Gasteiger partial charge < -0.3 is 20.4 Å². The van der Waals surface area contributed by atoms with Gasteiger partial charge in [-0.3, -0.25) is 14.4 Å². The van der Waals surface area contributed by atoms with Crippen LogP contribution < -0.4 is 10.6 Å². The average Bonchev–Trinajstić information content (AvgIpc) is 3.12. The molecule has 0 radical (unpaired) electrons. The summed E-state index contributed by atoms with van der Waals surface area (Å²) in [5.74, 6) is -0.479. The minimum atomic E-state index is -1.13. The second-order valence-corrected chi connectivity index (χ2v) is 10.2. The Balaban J connectivity index is 1.69.